The molecule has 1 aromatic heterocycles. The van der Waals surface area contributed by atoms with Gasteiger partial charge in [-0.1, -0.05) is 48.0 Å². The molecule has 1 atom stereocenters. The molecule has 0 fully saturated rings. The van der Waals surface area contributed by atoms with E-state index in [1.807, 2.05) is 31.2 Å². The van der Waals surface area contributed by atoms with Gasteiger partial charge < -0.3 is 0 Å². The molecule has 1 heterocycles. The van der Waals surface area contributed by atoms with E-state index in [1.54, 1.807) is 49.4 Å². The average molecular weight is 420 g/mol. The van der Waals surface area contributed by atoms with E-state index in [1.165, 1.54) is 16.7 Å². The van der Waals surface area contributed by atoms with Gasteiger partial charge in [0.15, 0.2) is 0 Å². The lowest BCUT2D eigenvalue weighted by atomic mass is 10.2. The van der Waals surface area contributed by atoms with Crippen LogP contribution in [0.4, 0.5) is 0 Å². The number of sulfonamides is 1. The lowest BCUT2D eigenvalue weighted by Crippen LogP contribution is -2.33. The molecule has 30 heavy (non-hydrogen) atoms. The van der Waals surface area contributed by atoms with Crippen molar-refractivity contribution in [2.24, 2.45) is 0 Å². The van der Waals surface area contributed by atoms with Crippen LogP contribution in [0.15, 0.2) is 88.6 Å². The first-order valence-electron chi connectivity index (χ1n) is 9.53. The van der Waals surface area contributed by atoms with Gasteiger partial charge in [0, 0.05) is 0 Å². The Morgan fingerprint density at radius 3 is 2.23 bits per heavy atom. The number of para-hydroxylation sites is 1. The molecule has 0 radical (unpaired) electrons. The maximum Gasteiger partial charge on any atom is 0.266 e. The van der Waals surface area contributed by atoms with Gasteiger partial charge in [0.2, 0.25) is 10.0 Å². The third-order valence-corrected chi connectivity index (χ3v) is 6.42. The van der Waals surface area contributed by atoms with E-state index in [4.69, 9.17) is 0 Å². The smallest absolute Gasteiger partial charge is 0.266 e. The van der Waals surface area contributed by atoms with Gasteiger partial charge in [0.25, 0.3) is 5.56 Å². The van der Waals surface area contributed by atoms with Crippen molar-refractivity contribution in [2.75, 3.05) is 0 Å². The fourth-order valence-electron chi connectivity index (χ4n) is 3.34. The maximum absolute atomic E-state index is 13.3. The van der Waals surface area contributed by atoms with Crippen molar-refractivity contribution in [3.63, 3.8) is 0 Å². The molecular formula is C23H21N3O3S. The van der Waals surface area contributed by atoms with E-state index in [2.05, 4.69) is 9.71 Å². The summed E-state index contributed by atoms with van der Waals surface area (Å²) in [6.07, 6.45) is 0. The highest BCUT2D eigenvalue weighted by Crippen LogP contribution is 2.20. The molecule has 4 rings (SSSR count). The maximum atomic E-state index is 13.3. The van der Waals surface area contributed by atoms with Crippen LogP contribution in [0.3, 0.4) is 0 Å². The molecule has 152 valence electrons. The second-order valence-electron chi connectivity index (χ2n) is 7.12. The van der Waals surface area contributed by atoms with Crippen LogP contribution in [0.2, 0.25) is 0 Å². The number of benzene rings is 3. The molecule has 0 amide bonds. The summed E-state index contributed by atoms with van der Waals surface area (Å²) in [5.74, 6) is 0.321. The molecule has 0 spiro atoms. The first-order chi connectivity index (χ1) is 14.4. The van der Waals surface area contributed by atoms with Crippen molar-refractivity contribution in [1.82, 2.24) is 14.3 Å². The number of aromatic nitrogens is 2. The highest BCUT2D eigenvalue weighted by Gasteiger charge is 2.23. The first kappa shape index (κ1) is 20.0. The molecule has 0 saturated heterocycles. The van der Waals surface area contributed by atoms with Crippen LogP contribution >= 0.6 is 0 Å². The van der Waals surface area contributed by atoms with Gasteiger partial charge in [-0.3, -0.25) is 9.36 Å². The fraction of sp³-hybridized carbons (Fsp3) is 0.130. The minimum atomic E-state index is -3.78. The number of aryl methyl sites for hydroxylation is 1. The van der Waals surface area contributed by atoms with E-state index in [-0.39, 0.29) is 10.5 Å². The van der Waals surface area contributed by atoms with Crippen molar-refractivity contribution < 1.29 is 8.42 Å². The topological polar surface area (TPSA) is 81.1 Å². The van der Waals surface area contributed by atoms with E-state index in [0.29, 0.717) is 22.4 Å². The molecule has 0 saturated carbocycles. The van der Waals surface area contributed by atoms with Gasteiger partial charge in [-0.2, -0.15) is 0 Å². The summed E-state index contributed by atoms with van der Waals surface area (Å²) in [4.78, 5) is 18.1. The Kier molecular flexibility index (Phi) is 5.24. The number of nitrogens with one attached hydrogen (secondary N) is 1. The zero-order valence-corrected chi connectivity index (χ0v) is 17.4. The molecule has 1 unspecified atom stereocenters. The molecule has 7 heteroatoms. The SMILES string of the molecule is Cc1ccc(-n2c(C(C)NS(=O)(=O)c3ccccc3)nc3ccccc3c2=O)cc1. The summed E-state index contributed by atoms with van der Waals surface area (Å²) >= 11 is 0. The van der Waals surface area contributed by atoms with Gasteiger partial charge in [-0.25, -0.2) is 18.1 Å². The molecule has 1 N–H and O–H groups in total. The summed E-state index contributed by atoms with van der Waals surface area (Å²) in [5.41, 5.74) is 1.96. The minimum absolute atomic E-state index is 0.155. The van der Waals surface area contributed by atoms with Crippen LogP contribution < -0.4 is 10.3 Å². The van der Waals surface area contributed by atoms with Crippen molar-refractivity contribution in [2.45, 2.75) is 24.8 Å². The second-order valence-corrected chi connectivity index (χ2v) is 8.83. The molecule has 3 aromatic carbocycles. The molecular weight excluding hydrogens is 398 g/mol. The van der Waals surface area contributed by atoms with E-state index in [9.17, 15) is 13.2 Å². The second kappa shape index (κ2) is 7.85. The third kappa shape index (κ3) is 3.77. The zero-order chi connectivity index (χ0) is 21.3. The predicted octanol–water partition coefficient (Wildman–Crippen LogP) is 3.73. The van der Waals surface area contributed by atoms with Gasteiger partial charge >= 0.3 is 0 Å². The number of fused-ring (bicyclic) bond motifs is 1. The number of nitrogens with zero attached hydrogens (tertiary/aromatic N) is 2. The number of rotatable bonds is 5. The van der Waals surface area contributed by atoms with Gasteiger partial charge in [0.1, 0.15) is 5.82 Å². The van der Waals surface area contributed by atoms with Crippen molar-refractivity contribution in [3.8, 4) is 5.69 Å². The summed E-state index contributed by atoms with van der Waals surface area (Å²) < 4.78 is 29.8. The number of hydrogen-bond donors (Lipinski definition) is 1. The Morgan fingerprint density at radius 2 is 1.53 bits per heavy atom. The molecule has 4 aromatic rings. The van der Waals surface area contributed by atoms with Crippen molar-refractivity contribution in [1.29, 1.82) is 0 Å². The van der Waals surface area contributed by atoms with Crippen molar-refractivity contribution >= 4 is 20.9 Å². The average Bonchev–Trinajstić information content (AvgIpc) is 2.75. The zero-order valence-electron chi connectivity index (χ0n) is 16.6. The largest absolute Gasteiger partial charge is 0.268 e. The molecule has 0 aliphatic carbocycles. The number of hydrogen-bond acceptors (Lipinski definition) is 4. The Bertz CT molecular complexity index is 1360. The Morgan fingerprint density at radius 1 is 0.900 bits per heavy atom. The summed E-state index contributed by atoms with van der Waals surface area (Å²) in [6, 6.07) is 21.9. The predicted molar refractivity (Wildman–Crippen MR) is 117 cm³/mol. The van der Waals surface area contributed by atoms with Crippen molar-refractivity contribution in [3.05, 3.63) is 101 Å². The summed E-state index contributed by atoms with van der Waals surface area (Å²) in [5, 5.41) is 0.472. The molecule has 0 bridgehead atoms. The van der Waals surface area contributed by atoms with E-state index < -0.39 is 16.1 Å². The van der Waals surface area contributed by atoms with Crippen LogP contribution in [-0.2, 0) is 10.0 Å². The normalized spacial score (nSPS) is 12.7. The van der Waals surface area contributed by atoms with Crippen LogP contribution in [0, 0.1) is 6.92 Å². The highest BCUT2D eigenvalue weighted by molar-refractivity contribution is 7.89. The molecule has 6 nitrogen and oxygen atoms in total. The van der Waals surface area contributed by atoms with E-state index >= 15 is 0 Å². The fourth-order valence-corrected chi connectivity index (χ4v) is 4.56. The minimum Gasteiger partial charge on any atom is -0.268 e. The lowest BCUT2D eigenvalue weighted by molar-refractivity contribution is 0.555. The van der Waals surface area contributed by atoms with Crippen LogP contribution in [-0.4, -0.2) is 18.0 Å². The van der Waals surface area contributed by atoms with Crippen LogP contribution in [0.1, 0.15) is 24.4 Å². The lowest BCUT2D eigenvalue weighted by Gasteiger charge is -2.20. The summed E-state index contributed by atoms with van der Waals surface area (Å²) in [7, 11) is -3.78. The van der Waals surface area contributed by atoms with E-state index in [0.717, 1.165) is 5.56 Å². The highest BCUT2D eigenvalue weighted by atomic mass is 32.2. The Labute approximate surface area is 174 Å². The van der Waals surface area contributed by atoms with Gasteiger partial charge in [-0.05, 0) is 50.2 Å². The van der Waals surface area contributed by atoms with Crippen LogP contribution in [0.25, 0.3) is 16.6 Å². The molecule has 0 aliphatic rings. The third-order valence-electron chi connectivity index (χ3n) is 4.87. The molecule has 0 aliphatic heterocycles. The summed E-state index contributed by atoms with van der Waals surface area (Å²) in [6.45, 7) is 3.64. The Balaban J connectivity index is 1.88. The standard InChI is InChI=1S/C23H21N3O3S/c1-16-12-14-18(15-13-16)26-22(24-21-11-7-6-10-20(21)23(26)27)17(2)25-30(28,29)19-8-4-3-5-9-19/h3-15,17,25H,1-2H3. The van der Waals surface area contributed by atoms with Crippen LogP contribution in [0.5, 0.6) is 0 Å². The quantitative estimate of drug-likeness (QED) is 0.534. The monoisotopic (exact) mass is 419 g/mol. The van der Waals surface area contributed by atoms with Gasteiger partial charge in [-0.15, -0.1) is 0 Å². The van der Waals surface area contributed by atoms with Gasteiger partial charge in [0.05, 0.1) is 27.5 Å². The first-order valence-corrected chi connectivity index (χ1v) is 11.0. The Hall–Kier alpha value is -3.29.